The predicted octanol–water partition coefficient (Wildman–Crippen LogP) is 3.18. The average Bonchev–Trinajstić information content (AvgIpc) is 2.55. The van der Waals surface area contributed by atoms with Crippen molar-refractivity contribution in [3.63, 3.8) is 0 Å². The molecule has 1 amide bonds. The fraction of sp³-hybridized carbons (Fsp3) is 0.556. The Morgan fingerprint density at radius 2 is 2.17 bits per heavy atom. The minimum absolute atomic E-state index is 0.0811. The first-order valence-corrected chi connectivity index (χ1v) is 8.79. The molecule has 5 nitrogen and oxygen atoms in total. The summed E-state index contributed by atoms with van der Waals surface area (Å²) in [6.07, 6.45) is 2.70. The van der Waals surface area contributed by atoms with E-state index in [1.165, 1.54) is 0 Å². The first-order valence-electron chi connectivity index (χ1n) is 8.41. The number of hydrogen-bond donors (Lipinski definition) is 2. The number of ether oxygens (including phenoxy) is 1. The topological polar surface area (TPSA) is 81.4 Å². The minimum atomic E-state index is -0.903. The summed E-state index contributed by atoms with van der Waals surface area (Å²) >= 11 is 6.42. The van der Waals surface area contributed by atoms with Gasteiger partial charge in [-0.1, -0.05) is 36.2 Å². The molecule has 1 aliphatic rings. The van der Waals surface area contributed by atoms with Gasteiger partial charge in [0.05, 0.1) is 5.41 Å². The largest absolute Gasteiger partial charge is 0.445 e. The van der Waals surface area contributed by atoms with Gasteiger partial charge in [-0.3, -0.25) is 4.79 Å². The van der Waals surface area contributed by atoms with Crippen LogP contribution in [0.4, 0.5) is 4.79 Å². The van der Waals surface area contributed by atoms with Crippen molar-refractivity contribution in [1.29, 1.82) is 0 Å². The van der Waals surface area contributed by atoms with Gasteiger partial charge in [-0.05, 0) is 50.9 Å². The summed E-state index contributed by atoms with van der Waals surface area (Å²) in [5.74, 6) is 0.0811. The van der Waals surface area contributed by atoms with Crippen LogP contribution < -0.4 is 11.1 Å². The van der Waals surface area contributed by atoms with E-state index in [0.717, 1.165) is 31.4 Å². The molecule has 1 aromatic carbocycles. The molecule has 6 heteroatoms. The Balaban J connectivity index is 2.47. The molecule has 24 heavy (non-hydrogen) atoms. The van der Waals surface area contributed by atoms with Crippen LogP contribution >= 0.6 is 11.6 Å². The van der Waals surface area contributed by atoms with E-state index in [1.54, 1.807) is 6.07 Å². The lowest BCUT2D eigenvalue weighted by Gasteiger charge is -2.42. The summed E-state index contributed by atoms with van der Waals surface area (Å²) in [5, 5.41) is 3.60. The summed E-state index contributed by atoms with van der Waals surface area (Å²) < 4.78 is 5.45. The number of nitrogens with two attached hydrogens (primary N) is 1. The Bertz CT molecular complexity index is 593. The Kier molecular flexibility index (Phi) is 6.63. The maximum atomic E-state index is 13.0. The van der Waals surface area contributed by atoms with E-state index in [9.17, 15) is 9.59 Å². The zero-order valence-corrected chi connectivity index (χ0v) is 14.8. The highest BCUT2D eigenvalue weighted by Crippen LogP contribution is 2.45. The second-order valence-electron chi connectivity index (χ2n) is 6.25. The van der Waals surface area contributed by atoms with E-state index in [4.69, 9.17) is 22.1 Å². The molecule has 0 spiro atoms. The maximum Gasteiger partial charge on any atom is 0.404 e. The molecule has 1 aromatic rings. The molecule has 0 unspecified atom stereocenters. The minimum Gasteiger partial charge on any atom is -0.445 e. The normalized spacial score (nSPS) is 22.2. The summed E-state index contributed by atoms with van der Waals surface area (Å²) in [5.41, 5.74) is 5.14. The second kappa shape index (κ2) is 8.49. The number of hydrogen-bond acceptors (Lipinski definition) is 4. The zero-order chi connectivity index (χ0) is 17.6. The van der Waals surface area contributed by atoms with E-state index in [2.05, 4.69) is 5.32 Å². The number of rotatable bonds is 7. The summed E-state index contributed by atoms with van der Waals surface area (Å²) in [4.78, 5) is 24.5. The van der Waals surface area contributed by atoms with Crippen molar-refractivity contribution in [3.8, 4) is 0 Å². The number of halogens is 1. The molecule has 132 valence electrons. The quantitative estimate of drug-likeness (QED) is 0.738. The van der Waals surface area contributed by atoms with Gasteiger partial charge in [-0.15, -0.1) is 0 Å². The van der Waals surface area contributed by atoms with Gasteiger partial charge in [0.25, 0.3) is 0 Å². The smallest absolute Gasteiger partial charge is 0.404 e. The van der Waals surface area contributed by atoms with Gasteiger partial charge in [-0.25, -0.2) is 4.79 Å². The van der Waals surface area contributed by atoms with E-state index in [0.29, 0.717) is 24.3 Å². The maximum absolute atomic E-state index is 13.0. The molecule has 1 aliphatic carbocycles. The summed E-state index contributed by atoms with van der Waals surface area (Å²) in [7, 11) is 1.86. The Morgan fingerprint density at radius 1 is 1.42 bits per heavy atom. The van der Waals surface area contributed by atoms with Crippen LogP contribution in [0.5, 0.6) is 0 Å². The molecule has 3 N–H and O–H groups in total. The number of carbonyl (C=O) groups excluding carboxylic acids is 2. The van der Waals surface area contributed by atoms with E-state index < -0.39 is 17.6 Å². The Labute approximate surface area is 147 Å². The molecule has 1 saturated carbocycles. The number of carbonyl (C=O) groups is 2. The van der Waals surface area contributed by atoms with Crippen molar-refractivity contribution in [2.45, 2.75) is 50.0 Å². The Hall–Kier alpha value is -1.59. The van der Waals surface area contributed by atoms with Gasteiger partial charge >= 0.3 is 6.09 Å². The van der Waals surface area contributed by atoms with Gasteiger partial charge in [-0.2, -0.15) is 0 Å². The third-order valence-electron chi connectivity index (χ3n) is 4.78. The fourth-order valence-corrected chi connectivity index (χ4v) is 3.99. The molecule has 0 radical (unpaired) electrons. The zero-order valence-electron chi connectivity index (χ0n) is 14.0. The number of primary amides is 1. The first kappa shape index (κ1) is 18.7. The highest BCUT2D eigenvalue weighted by atomic mass is 35.5. The van der Waals surface area contributed by atoms with Gasteiger partial charge in [0.2, 0.25) is 0 Å². The molecule has 0 saturated heterocycles. The molecule has 0 aromatic heterocycles. The lowest BCUT2D eigenvalue weighted by atomic mass is 9.64. The summed E-state index contributed by atoms with van der Waals surface area (Å²) in [6, 6.07) is 7.33. The van der Waals surface area contributed by atoms with Crippen LogP contribution in [0.2, 0.25) is 5.02 Å². The molecule has 2 rings (SSSR count). The van der Waals surface area contributed by atoms with Crippen molar-refractivity contribution in [2.24, 2.45) is 5.73 Å². The number of amides is 1. The number of Topliss-reactive ketones (excluding diaryl/α,β-unsaturated/α-hetero) is 1. The standard InChI is InChI=1S/C18H25ClN2O3/c1-21-12-6-10-16(24-17(20)23)18(11-5-4-9-15(18)22)13-7-2-3-8-14(13)19/h2-3,7-8,16,21H,4-6,9-12H2,1H3,(H2,20,23)/t16-,18+/m0/s1. The molecular formula is C18H25ClN2O3. The second-order valence-corrected chi connectivity index (χ2v) is 6.66. The SMILES string of the molecule is CNCCC[C@H](OC(N)=O)[C@@]1(c2ccccc2Cl)CCCCC1=O. The molecule has 2 atom stereocenters. The third kappa shape index (κ3) is 3.90. The number of nitrogens with one attached hydrogen (secondary N) is 1. The van der Waals surface area contributed by atoms with E-state index >= 15 is 0 Å². The number of benzene rings is 1. The van der Waals surface area contributed by atoms with Crippen molar-refractivity contribution in [1.82, 2.24) is 5.32 Å². The molecule has 0 bridgehead atoms. The van der Waals surface area contributed by atoms with Crippen molar-refractivity contribution >= 4 is 23.5 Å². The van der Waals surface area contributed by atoms with Crippen LogP contribution in [-0.2, 0) is 14.9 Å². The van der Waals surface area contributed by atoms with Gasteiger partial charge < -0.3 is 15.8 Å². The average molecular weight is 353 g/mol. The monoisotopic (exact) mass is 352 g/mol. The highest BCUT2D eigenvalue weighted by molar-refractivity contribution is 6.31. The molecular weight excluding hydrogens is 328 g/mol. The van der Waals surface area contributed by atoms with Crippen molar-refractivity contribution < 1.29 is 14.3 Å². The molecule has 0 heterocycles. The van der Waals surface area contributed by atoms with E-state index in [1.807, 2.05) is 25.2 Å². The van der Waals surface area contributed by atoms with Gasteiger partial charge in [0, 0.05) is 11.4 Å². The van der Waals surface area contributed by atoms with Crippen LogP contribution in [0.3, 0.4) is 0 Å². The third-order valence-corrected chi connectivity index (χ3v) is 5.11. The molecule has 0 aliphatic heterocycles. The Morgan fingerprint density at radius 3 is 2.79 bits per heavy atom. The lowest BCUT2D eigenvalue weighted by Crippen LogP contribution is -2.51. The lowest BCUT2D eigenvalue weighted by molar-refractivity contribution is -0.132. The first-order chi connectivity index (χ1) is 11.5. The number of ketones is 1. The van der Waals surface area contributed by atoms with E-state index in [-0.39, 0.29) is 5.78 Å². The predicted molar refractivity (Wildman–Crippen MR) is 94.2 cm³/mol. The van der Waals surface area contributed by atoms with Crippen LogP contribution in [0.1, 0.15) is 44.1 Å². The summed E-state index contributed by atoms with van der Waals surface area (Å²) in [6.45, 7) is 0.769. The van der Waals surface area contributed by atoms with Crippen molar-refractivity contribution in [3.05, 3.63) is 34.9 Å². The van der Waals surface area contributed by atoms with Crippen LogP contribution in [0.15, 0.2) is 24.3 Å². The van der Waals surface area contributed by atoms with Gasteiger partial charge in [0.15, 0.2) is 0 Å². The van der Waals surface area contributed by atoms with Gasteiger partial charge in [0.1, 0.15) is 11.9 Å². The van der Waals surface area contributed by atoms with Crippen LogP contribution in [0.25, 0.3) is 0 Å². The molecule has 1 fully saturated rings. The van der Waals surface area contributed by atoms with Crippen LogP contribution in [-0.4, -0.2) is 31.6 Å². The van der Waals surface area contributed by atoms with Crippen molar-refractivity contribution in [2.75, 3.05) is 13.6 Å². The van der Waals surface area contributed by atoms with Crippen LogP contribution in [0, 0.1) is 0 Å². The highest BCUT2D eigenvalue weighted by Gasteiger charge is 2.50. The fourth-order valence-electron chi connectivity index (χ4n) is 3.68.